The zero-order valence-corrected chi connectivity index (χ0v) is 11.5. The van der Waals surface area contributed by atoms with E-state index in [0.717, 1.165) is 41.1 Å². The van der Waals surface area contributed by atoms with Gasteiger partial charge in [-0.25, -0.2) is 9.97 Å². The van der Waals surface area contributed by atoms with Gasteiger partial charge in [-0.05, 0) is 18.9 Å². The fourth-order valence-corrected chi connectivity index (χ4v) is 2.81. The van der Waals surface area contributed by atoms with Gasteiger partial charge in [0.15, 0.2) is 0 Å². The molecule has 0 bridgehead atoms. The molecule has 1 N–H and O–H groups in total. The first-order chi connectivity index (χ1) is 8.28. The van der Waals surface area contributed by atoms with E-state index in [0.29, 0.717) is 0 Å². The highest BCUT2D eigenvalue weighted by atomic mass is 32.1. The molecule has 92 valence electrons. The van der Waals surface area contributed by atoms with Gasteiger partial charge in [-0.15, -0.1) is 11.3 Å². The molecule has 0 saturated carbocycles. The van der Waals surface area contributed by atoms with Crippen molar-refractivity contribution >= 4 is 27.4 Å². The normalized spacial score (nSPS) is 11.0. The summed E-state index contributed by atoms with van der Waals surface area (Å²) in [5.74, 6) is 1.94. The molecule has 2 aromatic rings. The standard InChI is InChI=1S/C13H19N3S/c1-4-6-7-11-15-12(14-3)10-8-9(5-2)17-13(10)16-11/h8H,4-7H2,1-3H3,(H,14,15,16). The van der Waals surface area contributed by atoms with Crippen molar-refractivity contribution in [3.05, 3.63) is 16.8 Å². The van der Waals surface area contributed by atoms with Gasteiger partial charge in [0.25, 0.3) is 0 Å². The molecule has 0 aromatic carbocycles. The molecule has 0 saturated heterocycles. The summed E-state index contributed by atoms with van der Waals surface area (Å²) in [4.78, 5) is 11.7. The molecule has 0 unspecified atom stereocenters. The fourth-order valence-electron chi connectivity index (χ4n) is 1.83. The number of hydrogen-bond acceptors (Lipinski definition) is 4. The van der Waals surface area contributed by atoms with E-state index in [4.69, 9.17) is 0 Å². The van der Waals surface area contributed by atoms with Crippen LogP contribution in [0.4, 0.5) is 5.82 Å². The molecular formula is C13H19N3S. The van der Waals surface area contributed by atoms with Crippen LogP contribution in [0.1, 0.15) is 37.4 Å². The topological polar surface area (TPSA) is 37.8 Å². The van der Waals surface area contributed by atoms with Crippen molar-refractivity contribution in [1.82, 2.24) is 9.97 Å². The predicted octanol–water partition coefficient (Wildman–Crippen LogP) is 3.64. The Hall–Kier alpha value is -1.16. The lowest BCUT2D eigenvalue weighted by molar-refractivity contribution is 0.758. The van der Waals surface area contributed by atoms with Crippen LogP contribution in [-0.4, -0.2) is 17.0 Å². The summed E-state index contributed by atoms with van der Waals surface area (Å²) >= 11 is 1.78. The number of nitrogens with one attached hydrogen (secondary N) is 1. The summed E-state index contributed by atoms with van der Waals surface area (Å²) in [6, 6.07) is 2.20. The second-order valence-corrected chi connectivity index (χ2v) is 5.24. The van der Waals surface area contributed by atoms with E-state index < -0.39 is 0 Å². The van der Waals surface area contributed by atoms with Crippen molar-refractivity contribution in [2.24, 2.45) is 0 Å². The van der Waals surface area contributed by atoms with Crippen molar-refractivity contribution in [1.29, 1.82) is 0 Å². The third-order valence-corrected chi connectivity index (χ3v) is 4.00. The highest BCUT2D eigenvalue weighted by Crippen LogP contribution is 2.29. The molecule has 0 radical (unpaired) electrons. The number of nitrogens with zero attached hydrogens (tertiary/aromatic N) is 2. The zero-order chi connectivity index (χ0) is 12.3. The third-order valence-electron chi connectivity index (χ3n) is 2.83. The quantitative estimate of drug-likeness (QED) is 0.879. The Morgan fingerprint density at radius 3 is 2.76 bits per heavy atom. The fraction of sp³-hybridized carbons (Fsp3) is 0.538. The van der Waals surface area contributed by atoms with Crippen molar-refractivity contribution < 1.29 is 0 Å². The van der Waals surface area contributed by atoms with Gasteiger partial charge in [0.1, 0.15) is 16.5 Å². The number of unbranched alkanes of at least 4 members (excludes halogenated alkanes) is 1. The van der Waals surface area contributed by atoms with Crippen molar-refractivity contribution in [3.63, 3.8) is 0 Å². The molecule has 2 rings (SSSR count). The molecule has 17 heavy (non-hydrogen) atoms. The Bertz CT molecular complexity index is 505. The zero-order valence-electron chi connectivity index (χ0n) is 10.7. The molecule has 2 heterocycles. The summed E-state index contributed by atoms with van der Waals surface area (Å²) in [6.45, 7) is 4.37. The van der Waals surface area contributed by atoms with Crippen LogP contribution in [-0.2, 0) is 12.8 Å². The largest absolute Gasteiger partial charge is 0.372 e. The minimum Gasteiger partial charge on any atom is -0.372 e. The molecule has 0 fully saturated rings. The average molecular weight is 249 g/mol. The SMILES string of the molecule is CCCCc1nc(NC)c2cc(CC)sc2n1. The maximum Gasteiger partial charge on any atom is 0.138 e. The molecule has 0 atom stereocenters. The molecule has 2 aromatic heterocycles. The summed E-state index contributed by atoms with van der Waals surface area (Å²) in [6.07, 6.45) is 4.37. The second-order valence-electron chi connectivity index (χ2n) is 4.13. The van der Waals surface area contributed by atoms with Gasteiger partial charge in [0, 0.05) is 18.3 Å². The number of aryl methyl sites for hydroxylation is 2. The van der Waals surface area contributed by atoms with E-state index in [-0.39, 0.29) is 0 Å². The molecule has 0 spiro atoms. The van der Waals surface area contributed by atoms with Crippen LogP contribution < -0.4 is 5.32 Å². The number of anilines is 1. The van der Waals surface area contributed by atoms with Crippen molar-refractivity contribution in [2.45, 2.75) is 39.5 Å². The van der Waals surface area contributed by atoms with Gasteiger partial charge in [0.2, 0.25) is 0 Å². The maximum absolute atomic E-state index is 4.66. The number of thiophene rings is 1. The van der Waals surface area contributed by atoms with E-state index in [1.54, 1.807) is 11.3 Å². The van der Waals surface area contributed by atoms with Crippen molar-refractivity contribution in [2.75, 3.05) is 12.4 Å². The molecule has 3 nitrogen and oxygen atoms in total. The van der Waals surface area contributed by atoms with E-state index in [1.807, 2.05) is 7.05 Å². The van der Waals surface area contributed by atoms with Gasteiger partial charge in [-0.2, -0.15) is 0 Å². The highest BCUT2D eigenvalue weighted by molar-refractivity contribution is 7.18. The third kappa shape index (κ3) is 2.57. The number of rotatable bonds is 5. The Morgan fingerprint density at radius 2 is 2.12 bits per heavy atom. The lowest BCUT2D eigenvalue weighted by Gasteiger charge is -2.04. The van der Waals surface area contributed by atoms with Crippen LogP contribution in [0, 0.1) is 0 Å². The molecule has 4 heteroatoms. The number of aromatic nitrogens is 2. The first-order valence-corrected chi connectivity index (χ1v) is 7.07. The van der Waals surface area contributed by atoms with E-state index in [9.17, 15) is 0 Å². The van der Waals surface area contributed by atoms with Crippen LogP contribution in [0.3, 0.4) is 0 Å². The maximum atomic E-state index is 4.66. The summed E-state index contributed by atoms with van der Waals surface area (Å²) in [7, 11) is 1.93. The average Bonchev–Trinajstić information content (AvgIpc) is 2.78. The van der Waals surface area contributed by atoms with Gasteiger partial charge in [-0.3, -0.25) is 0 Å². The van der Waals surface area contributed by atoms with Crippen LogP contribution in [0.15, 0.2) is 6.07 Å². The smallest absolute Gasteiger partial charge is 0.138 e. The lowest BCUT2D eigenvalue weighted by atomic mass is 10.2. The molecule has 0 aliphatic rings. The Labute approximate surface area is 106 Å². The summed E-state index contributed by atoms with van der Waals surface area (Å²) in [5, 5.41) is 4.34. The van der Waals surface area contributed by atoms with Gasteiger partial charge in [0.05, 0.1) is 5.39 Å². The first-order valence-electron chi connectivity index (χ1n) is 6.25. The number of hydrogen-bond donors (Lipinski definition) is 1. The lowest BCUT2D eigenvalue weighted by Crippen LogP contribution is -2.00. The second kappa shape index (κ2) is 5.45. The van der Waals surface area contributed by atoms with Crippen molar-refractivity contribution in [3.8, 4) is 0 Å². The van der Waals surface area contributed by atoms with Crippen LogP contribution in [0.2, 0.25) is 0 Å². The number of fused-ring (bicyclic) bond motifs is 1. The highest BCUT2D eigenvalue weighted by Gasteiger charge is 2.09. The first kappa shape index (κ1) is 12.3. The summed E-state index contributed by atoms with van der Waals surface area (Å²) < 4.78 is 0. The van der Waals surface area contributed by atoms with E-state index >= 15 is 0 Å². The minimum atomic E-state index is 0.966. The molecule has 0 aliphatic carbocycles. The Morgan fingerprint density at radius 1 is 1.29 bits per heavy atom. The molecule has 0 aliphatic heterocycles. The van der Waals surface area contributed by atoms with Crippen LogP contribution in [0.5, 0.6) is 0 Å². The molecular weight excluding hydrogens is 230 g/mol. The van der Waals surface area contributed by atoms with E-state index in [1.165, 1.54) is 11.3 Å². The monoisotopic (exact) mass is 249 g/mol. The minimum absolute atomic E-state index is 0.966. The van der Waals surface area contributed by atoms with Crippen LogP contribution >= 0.6 is 11.3 Å². The summed E-state index contributed by atoms with van der Waals surface area (Å²) in [5.41, 5.74) is 0. The van der Waals surface area contributed by atoms with E-state index in [2.05, 4.69) is 35.2 Å². The Balaban J connectivity index is 2.44. The Kier molecular flexibility index (Phi) is 3.94. The predicted molar refractivity (Wildman–Crippen MR) is 75.0 cm³/mol. The van der Waals surface area contributed by atoms with Gasteiger partial charge in [-0.1, -0.05) is 20.3 Å². The van der Waals surface area contributed by atoms with Gasteiger partial charge >= 0.3 is 0 Å². The van der Waals surface area contributed by atoms with Gasteiger partial charge < -0.3 is 5.32 Å². The van der Waals surface area contributed by atoms with Crippen LogP contribution in [0.25, 0.3) is 10.2 Å². The molecule has 0 amide bonds.